The Morgan fingerprint density at radius 3 is 1.47 bits per heavy atom. The first kappa shape index (κ1) is 49.7. The lowest BCUT2D eigenvalue weighted by atomic mass is 10.0. The first-order valence-corrected chi connectivity index (χ1v) is 21.7. The van der Waals surface area contributed by atoms with Crippen molar-refractivity contribution in [1.29, 1.82) is 0 Å². The monoisotopic (exact) mass is 800 g/mol. The Labute approximate surface area is 360 Å². The largest absolute Gasteiger partial charge is 0.261 e. The van der Waals surface area contributed by atoms with Gasteiger partial charge in [-0.3, -0.25) is 24.9 Å². The number of fused-ring (bicyclic) bond motifs is 7. The normalized spacial score (nSPS) is 11.3. The van der Waals surface area contributed by atoms with Crippen LogP contribution in [0.25, 0.3) is 21.5 Å². The van der Waals surface area contributed by atoms with E-state index >= 15 is 0 Å². The summed E-state index contributed by atoms with van der Waals surface area (Å²) in [6.07, 6.45) is 16.5. The number of aliphatic imine (C=N–C) groups is 4. The van der Waals surface area contributed by atoms with Crippen LogP contribution in [0.2, 0.25) is 0 Å². The predicted molar refractivity (Wildman–Crippen MR) is 265 cm³/mol. The van der Waals surface area contributed by atoms with Gasteiger partial charge in [-0.05, 0) is 45.5 Å². The van der Waals surface area contributed by atoms with E-state index in [0.29, 0.717) is 0 Å². The zero-order valence-electron chi connectivity index (χ0n) is 37.5. The second-order valence-corrected chi connectivity index (χ2v) is 11.6. The topological polar surface area (TPSA) is 88.1 Å². The molecule has 2 aromatic heterocycles. The maximum Gasteiger partial charge on any atom is 0.173 e. The van der Waals surface area contributed by atoms with Gasteiger partial charge in [0.2, 0.25) is 0 Å². The Hall–Kier alpha value is -6.47. The molecular weight excluding hydrogens is 735 g/mol. The summed E-state index contributed by atoms with van der Waals surface area (Å²) in [6.45, 7) is 20.0. The third-order valence-electron chi connectivity index (χ3n) is 8.34. The van der Waals surface area contributed by atoms with Crippen LogP contribution in [0.3, 0.4) is 0 Å². The minimum atomic E-state index is 0.775. The maximum absolute atomic E-state index is 4.40. The molecule has 4 aliphatic rings. The molecule has 7 nitrogen and oxygen atoms in total. The molecule has 0 atom stereocenters. The van der Waals surface area contributed by atoms with Gasteiger partial charge >= 0.3 is 0 Å². The molecule has 7 aromatic rings. The lowest BCUT2D eigenvalue weighted by molar-refractivity contribution is 1.11. The summed E-state index contributed by atoms with van der Waals surface area (Å²) in [5, 5.41) is 5.17. The number of para-hydroxylation sites is 1. The van der Waals surface area contributed by atoms with Crippen LogP contribution in [0.1, 0.15) is 91.8 Å². The number of hydrogen-bond acceptors (Lipinski definition) is 7. The van der Waals surface area contributed by atoms with Crippen molar-refractivity contribution in [3.63, 3.8) is 0 Å². The highest BCUT2D eigenvalue weighted by molar-refractivity contribution is 5.98. The van der Waals surface area contributed by atoms with Crippen molar-refractivity contribution in [1.82, 2.24) is 15.0 Å². The third kappa shape index (κ3) is 15.4. The van der Waals surface area contributed by atoms with Gasteiger partial charge in [0, 0.05) is 74.5 Å². The molecule has 5 aromatic carbocycles. The highest BCUT2D eigenvalue weighted by Crippen LogP contribution is 2.32. The average Bonchev–Trinajstić information content (AvgIpc) is 4.21. The van der Waals surface area contributed by atoms with E-state index in [0.717, 1.165) is 60.0 Å². The smallest absolute Gasteiger partial charge is 0.173 e. The minimum Gasteiger partial charge on any atom is -0.261 e. The van der Waals surface area contributed by atoms with Gasteiger partial charge in [-0.1, -0.05) is 172 Å². The molecule has 0 bridgehead atoms. The number of benzene rings is 5. The summed E-state index contributed by atoms with van der Waals surface area (Å²) in [6, 6.07) is 41.5. The third-order valence-corrected chi connectivity index (χ3v) is 8.34. The molecule has 0 radical (unpaired) electrons. The summed E-state index contributed by atoms with van der Waals surface area (Å²) >= 11 is 0. The summed E-state index contributed by atoms with van der Waals surface area (Å²) in [4.78, 5) is 28.9. The van der Waals surface area contributed by atoms with Gasteiger partial charge in [-0.25, -0.2) is 9.98 Å². The van der Waals surface area contributed by atoms with E-state index in [9.17, 15) is 0 Å². The van der Waals surface area contributed by atoms with Gasteiger partial charge < -0.3 is 0 Å². The summed E-state index contributed by atoms with van der Waals surface area (Å²) in [7, 11) is 0. The Kier molecular flexibility index (Phi) is 25.3. The highest BCUT2D eigenvalue weighted by Gasteiger charge is 2.09. The number of nitrogens with zero attached hydrogens (tertiary/aromatic N) is 7. The van der Waals surface area contributed by atoms with Gasteiger partial charge in [-0.2, -0.15) is 0 Å². The number of pyridine rings is 1. The molecule has 11 rings (SSSR count). The maximum atomic E-state index is 4.40. The van der Waals surface area contributed by atoms with Crippen molar-refractivity contribution in [2.45, 2.75) is 94.9 Å². The van der Waals surface area contributed by atoms with E-state index in [-0.39, 0.29) is 0 Å². The van der Waals surface area contributed by atoms with Crippen LogP contribution in [0, 0.1) is 0 Å². The molecule has 0 saturated carbocycles. The van der Waals surface area contributed by atoms with Gasteiger partial charge in [0.05, 0.1) is 28.5 Å². The van der Waals surface area contributed by atoms with Gasteiger partial charge in [0.25, 0.3) is 0 Å². The van der Waals surface area contributed by atoms with Crippen LogP contribution in [-0.4, -0.2) is 39.8 Å². The predicted octanol–water partition coefficient (Wildman–Crippen LogP) is 15.1. The molecule has 0 amide bonds. The summed E-state index contributed by atoms with van der Waals surface area (Å²) < 4.78 is 0. The summed E-state index contributed by atoms with van der Waals surface area (Å²) in [5.41, 5.74) is 8.10. The lowest BCUT2D eigenvalue weighted by Crippen LogP contribution is -1.84. The Morgan fingerprint density at radius 2 is 0.817 bits per heavy atom. The minimum absolute atomic E-state index is 0.775. The van der Waals surface area contributed by atoms with Gasteiger partial charge in [0.15, 0.2) is 5.82 Å². The van der Waals surface area contributed by atoms with Crippen molar-refractivity contribution in [3.8, 4) is 0 Å². The molecule has 4 aliphatic heterocycles. The second-order valence-electron chi connectivity index (χ2n) is 11.6. The number of hydrogen-bond donors (Lipinski definition) is 0. The quantitative estimate of drug-likeness (QED) is 0.153. The molecule has 0 N–H and O–H groups in total. The van der Waals surface area contributed by atoms with Gasteiger partial charge in [-0.15, -0.1) is 0 Å². The molecular formula is C53H65N7. The van der Waals surface area contributed by atoms with E-state index in [1.807, 2.05) is 124 Å². The van der Waals surface area contributed by atoms with E-state index < -0.39 is 0 Å². The first-order chi connectivity index (χ1) is 29.8. The van der Waals surface area contributed by atoms with Crippen molar-refractivity contribution in [2.75, 3.05) is 0 Å². The Morgan fingerprint density at radius 1 is 0.333 bits per heavy atom. The van der Waals surface area contributed by atoms with Crippen molar-refractivity contribution < 1.29 is 0 Å². The van der Waals surface area contributed by atoms with Crippen molar-refractivity contribution >= 4 is 69.3 Å². The molecule has 60 heavy (non-hydrogen) atoms. The molecule has 0 saturated heterocycles. The SMILES string of the molecule is C1=Nc2c(ccc3ccccc23)C1.C1=Nc2ccccc2C1.C1=Nc2cccnc2C1.C1=Nc2nccnc2C1.CC.CC.CC.CC.CC.c1ccc2ccccc2c1. The molecule has 312 valence electrons. The molecule has 0 unspecified atom stereocenters. The molecule has 0 aliphatic carbocycles. The zero-order valence-corrected chi connectivity index (χ0v) is 37.5. The fourth-order valence-electron chi connectivity index (χ4n) is 5.80. The van der Waals surface area contributed by atoms with Crippen LogP contribution in [0.4, 0.5) is 22.9 Å². The van der Waals surface area contributed by atoms with E-state index in [1.54, 1.807) is 18.6 Å². The van der Waals surface area contributed by atoms with E-state index in [2.05, 4.69) is 126 Å². The second kappa shape index (κ2) is 30.6. The van der Waals surface area contributed by atoms with E-state index in [4.69, 9.17) is 0 Å². The average molecular weight is 800 g/mol. The molecule has 0 spiro atoms. The fourth-order valence-corrected chi connectivity index (χ4v) is 5.80. The summed E-state index contributed by atoms with van der Waals surface area (Å²) in [5.74, 6) is 0.775. The Balaban J connectivity index is 0.000000247. The number of aromatic nitrogens is 3. The van der Waals surface area contributed by atoms with Crippen LogP contribution in [-0.2, 0) is 25.7 Å². The van der Waals surface area contributed by atoms with Gasteiger partial charge in [0.1, 0.15) is 0 Å². The van der Waals surface area contributed by atoms with Crippen LogP contribution >= 0.6 is 0 Å². The fraction of sp³-hybridized carbons (Fsp3) is 0.264. The molecule has 6 heterocycles. The van der Waals surface area contributed by atoms with Crippen molar-refractivity contribution in [2.24, 2.45) is 20.0 Å². The first-order valence-electron chi connectivity index (χ1n) is 21.7. The van der Waals surface area contributed by atoms with Crippen molar-refractivity contribution in [3.05, 3.63) is 162 Å². The standard InChI is InChI=1S/C12H9N.C10H8.C8H7N.C7H6N2.C6H5N3.5C2H6/c1-2-4-11-9(3-1)5-6-10-7-8-13-12(10)11;1-2-6-10-8-4-3-7-9(10)5-1;1-2-4-8-7(3-1)5-6-9-8;1-2-6-7(8-4-1)3-5-9-6;1-2-8-6-5(1)7-3-4-9-6;5*1-2/h1-6,8H,7H2;1-8H;1-4,6H,5H2;1-2,4-5H,3H2;2-4H,1H2;5*1-2H3. The number of rotatable bonds is 0. The lowest BCUT2D eigenvalue weighted by Gasteiger charge is -2.02. The molecule has 7 heteroatoms. The van der Waals surface area contributed by atoms with Crippen LogP contribution in [0.5, 0.6) is 0 Å². The van der Waals surface area contributed by atoms with Crippen LogP contribution in [0.15, 0.2) is 160 Å². The molecule has 0 fully saturated rings. The zero-order chi connectivity index (χ0) is 43.8. The van der Waals surface area contributed by atoms with Crippen LogP contribution < -0.4 is 0 Å². The highest BCUT2D eigenvalue weighted by atomic mass is 15.0. The van der Waals surface area contributed by atoms with E-state index in [1.165, 1.54) is 32.7 Å². The Bertz CT molecular complexity index is 2160.